The summed E-state index contributed by atoms with van der Waals surface area (Å²) >= 11 is -1.19. The zero-order valence-electron chi connectivity index (χ0n) is 25.2. The van der Waals surface area contributed by atoms with Crippen molar-refractivity contribution < 1.29 is 47.7 Å². The molecule has 0 radical (unpaired) electrons. The first-order chi connectivity index (χ1) is 19.5. The molecule has 2 aliphatic carbocycles. The molecule has 42 heavy (non-hydrogen) atoms. The van der Waals surface area contributed by atoms with Crippen molar-refractivity contribution in [1.82, 2.24) is 0 Å². The van der Waals surface area contributed by atoms with Crippen molar-refractivity contribution in [3.05, 3.63) is 126 Å². The van der Waals surface area contributed by atoms with E-state index in [0.29, 0.717) is 21.4 Å². The number of hydrogen-bond acceptors (Lipinski definition) is 0. The van der Waals surface area contributed by atoms with Gasteiger partial charge in [0.15, 0.2) is 0 Å². The molecule has 0 spiro atoms. The van der Waals surface area contributed by atoms with Crippen molar-refractivity contribution >= 4 is 42.2 Å². The smallest absolute Gasteiger partial charge is 1.00 e. The molecule has 214 valence electrons. The van der Waals surface area contributed by atoms with Crippen LogP contribution in [0, 0.1) is 11.8 Å². The molecule has 0 aromatic heterocycles. The second-order valence-corrected chi connectivity index (χ2v) is 18.7. The molecule has 7 rings (SSSR count). The van der Waals surface area contributed by atoms with E-state index in [1.807, 2.05) is 0 Å². The molecule has 0 bridgehead atoms. The molecule has 0 nitrogen and oxygen atoms in total. The average Bonchev–Trinajstić information content (AvgIpc) is 3.72. The summed E-state index contributed by atoms with van der Waals surface area (Å²) in [5.74, 6) is 1.09. The molecule has 2 atom stereocenters. The van der Waals surface area contributed by atoms with Gasteiger partial charge in [-0.3, -0.25) is 0 Å². The Kier molecular flexibility index (Phi) is 11.5. The van der Waals surface area contributed by atoms with Crippen molar-refractivity contribution in [3.63, 3.8) is 0 Å². The molecule has 1 heterocycles. The molecule has 1 aliphatic heterocycles. The van der Waals surface area contributed by atoms with E-state index in [9.17, 15) is 0 Å². The minimum absolute atomic E-state index is 0. The monoisotopic (exact) mass is 774 g/mol. The summed E-state index contributed by atoms with van der Waals surface area (Å²) in [6, 6.07) is 34.4. The van der Waals surface area contributed by atoms with E-state index in [0.717, 1.165) is 0 Å². The molecule has 4 aromatic rings. The quantitative estimate of drug-likeness (QED) is 0.274. The van der Waals surface area contributed by atoms with Crippen LogP contribution in [-0.2, 0) is 22.9 Å². The average molecular weight is 774 g/mol. The fourth-order valence-corrected chi connectivity index (χ4v) is 14.2. The summed E-state index contributed by atoms with van der Waals surface area (Å²) in [7, 11) is 0.543. The van der Waals surface area contributed by atoms with E-state index in [1.165, 1.54) is 43.8 Å². The molecule has 4 heteroatoms. The predicted octanol–water partition coefficient (Wildman–Crippen LogP) is 4.18. The Morgan fingerprint density at radius 1 is 0.571 bits per heavy atom. The van der Waals surface area contributed by atoms with Gasteiger partial charge in [0.2, 0.25) is 0 Å². The van der Waals surface area contributed by atoms with Gasteiger partial charge in [0.1, 0.15) is 0 Å². The molecule has 0 N–H and O–H groups in total. The molecule has 3 aliphatic rings. The molecule has 1 saturated heterocycles. The third-order valence-electron chi connectivity index (χ3n) is 9.04. The van der Waals surface area contributed by atoms with Gasteiger partial charge >= 0.3 is 221 Å². The van der Waals surface area contributed by atoms with Gasteiger partial charge in [-0.15, -0.1) is 0 Å². The number of halogens is 2. The molecule has 0 saturated carbocycles. The molecular weight excluding hydrogens is 734 g/mol. The fourth-order valence-electron chi connectivity index (χ4n) is 6.84. The van der Waals surface area contributed by atoms with Gasteiger partial charge < -0.3 is 24.8 Å². The molecule has 4 aromatic carbocycles. The number of fused-ring (bicyclic) bond motifs is 2. The summed E-state index contributed by atoms with van der Waals surface area (Å²) in [6.07, 6.45) is 8.19. The Morgan fingerprint density at radius 2 is 0.976 bits per heavy atom. The number of rotatable bonds is 4. The van der Waals surface area contributed by atoms with Crippen LogP contribution in [0.4, 0.5) is 0 Å². The second-order valence-electron chi connectivity index (χ2n) is 11.8. The van der Waals surface area contributed by atoms with E-state index >= 15 is 0 Å². The first-order valence-corrected chi connectivity index (χ1v) is 20.7. The van der Waals surface area contributed by atoms with Crippen LogP contribution in [0.5, 0.6) is 0 Å². The maximum atomic E-state index is 2.54. The van der Waals surface area contributed by atoms with Gasteiger partial charge in [-0.25, -0.2) is 0 Å². The van der Waals surface area contributed by atoms with Crippen LogP contribution in [0.3, 0.4) is 0 Å². The third kappa shape index (κ3) is 6.58. The van der Waals surface area contributed by atoms with E-state index < -0.39 is 22.9 Å². The van der Waals surface area contributed by atoms with E-state index in [4.69, 9.17) is 0 Å². The van der Waals surface area contributed by atoms with Crippen molar-refractivity contribution in [3.8, 4) is 0 Å². The zero-order valence-corrected chi connectivity index (χ0v) is 31.7. The molecule has 2 unspecified atom stereocenters. The Hall–Kier alpha value is -1.97. The number of hydrogen-bond donors (Lipinski definition) is 0. The third-order valence-corrected chi connectivity index (χ3v) is 18.9. The summed E-state index contributed by atoms with van der Waals surface area (Å²) in [5.41, 5.74) is 8.80. The predicted molar refractivity (Wildman–Crippen MR) is 175 cm³/mol. The first kappa shape index (κ1) is 32.9. The van der Waals surface area contributed by atoms with Crippen LogP contribution in [0.2, 0.25) is 12.1 Å². The van der Waals surface area contributed by atoms with Gasteiger partial charge in [0.25, 0.3) is 0 Å². The van der Waals surface area contributed by atoms with Gasteiger partial charge in [0.05, 0.1) is 0 Å². The Morgan fingerprint density at radius 3 is 1.38 bits per heavy atom. The minimum atomic E-state index is -1.19. The molecular formula is C38H40Cl2HfSi. The van der Waals surface area contributed by atoms with Crippen molar-refractivity contribution in [2.45, 2.75) is 52.6 Å². The SMILES string of the molecule is C1CC[SiH2]C1.CC1=[C]([Hf+2][C]2=C(C)C(c3cccc4ccccc34)=CC2C)C(C)C=C1c1cccc2ccccc12.[Cl-].[Cl-]. The van der Waals surface area contributed by atoms with Crippen LogP contribution in [0.15, 0.2) is 115 Å². The van der Waals surface area contributed by atoms with E-state index in [2.05, 4.69) is 125 Å². The van der Waals surface area contributed by atoms with E-state index in [1.54, 1.807) is 42.7 Å². The zero-order chi connectivity index (χ0) is 27.6. The number of benzene rings is 4. The summed E-state index contributed by atoms with van der Waals surface area (Å²) in [5, 5.41) is 5.39. The maximum Gasteiger partial charge on any atom is -1.00 e. The second kappa shape index (κ2) is 14.7. The van der Waals surface area contributed by atoms with Gasteiger partial charge in [0, 0.05) is 9.52 Å². The fraction of sp³-hybridized carbons (Fsp3) is 0.263. The van der Waals surface area contributed by atoms with Crippen LogP contribution in [0.25, 0.3) is 32.7 Å². The van der Waals surface area contributed by atoms with Crippen LogP contribution in [0.1, 0.15) is 51.7 Å². The molecule has 0 amide bonds. The standard InChI is InChI=1S/2C17H15.C4H10Si.2ClH.Hf/c2*1-12-10-13(2)17(11-12)16-9-5-7-14-6-3-4-8-15(14)16;1-2-4-5-3-1;;;/h2*3-9,11-12H,1-2H3;1-5H2;2*1H;/q;;;;;+2/p-2. The van der Waals surface area contributed by atoms with Crippen molar-refractivity contribution in [2.24, 2.45) is 11.8 Å². The topological polar surface area (TPSA) is 0 Å². The Balaban J connectivity index is 0.000000526. The first-order valence-electron chi connectivity index (χ1n) is 15.1. The Bertz CT molecular complexity index is 1570. The summed E-state index contributed by atoms with van der Waals surface area (Å²) < 4.78 is 3.53. The van der Waals surface area contributed by atoms with Gasteiger partial charge in [-0.1, -0.05) is 24.9 Å². The van der Waals surface area contributed by atoms with Crippen molar-refractivity contribution in [1.29, 1.82) is 0 Å². The normalized spacial score (nSPS) is 19.5. The van der Waals surface area contributed by atoms with Gasteiger partial charge in [-0.05, 0) is 0 Å². The van der Waals surface area contributed by atoms with E-state index in [-0.39, 0.29) is 24.8 Å². The largest absolute Gasteiger partial charge is 1.00 e. The van der Waals surface area contributed by atoms with Crippen molar-refractivity contribution in [2.75, 3.05) is 0 Å². The van der Waals surface area contributed by atoms with Gasteiger partial charge in [-0.2, -0.15) is 0 Å². The van der Waals surface area contributed by atoms with Crippen LogP contribution < -0.4 is 24.8 Å². The summed E-state index contributed by atoms with van der Waals surface area (Å²) in [6.45, 7) is 9.60. The van der Waals surface area contributed by atoms with Crippen LogP contribution in [-0.4, -0.2) is 9.52 Å². The minimum Gasteiger partial charge on any atom is -1.00 e. The molecule has 1 fully saturated rings. The Labute approximate surface area is 278 Å². The number of allylic oxidation sites excluding steroid dienone is 8. The van der Waals surface area contributed by atoms with Crippen LogP contribution >= 0.6 is 0 Å². The summed E-state index contributed by atoms with van der Waals surface area (Å²) in [4.78, 5) is 0. The maximum absolute atomic E-state index is 2.54.